The second kappa shape index (κ2) is 9.77. The molecule has 0 saturated carbocycles. The zero-order valence-electron chi connectivity index (χ0n) is 16.2. The summed E-state index contributed by atoms with van der Waals surface area (Å²) in [4.78, 5) is 38.4. The predicted molar refractivity (Wildman–Crippen MR) is 122 cm³/mol. The number of thioether (sulfide) groups is 1. The molecule has 2 aromatic rings. The van der Waals surface area contributed by atoms with Gasteiger partial charge in [0.2, 0.25) is 5.91 Å². The molecule has 30 heavy (non-hydrogen) atoms. The van der Waals surface area contributed by atoms with E-state index in [1.54, 1.807) is 42.5 Å². The molecule has 154 valence electrons. The van der Waals surface area contributed by atoms with Gasteiger partial charge in [-0.05, 0) is 70.5 Å². The van der Waals surface area contributed by atoms with Crippen LogP contribution in [0.15, 0.2) is 64.5 Å². The number of benzene rings is 2. The molecule has 1 fully saturated rings. The Bertz CT molecular complexity index is 1030. The number of amides is 3. The molecule has 3 rings (SSSR count). The molecular formula is C22H19BrN2O4S. The molecule has 0 radical (unpaired) electrons. The molecule has 8 heteroatoms. The van der Waals surface area contributed by atoms with Gasteiger partial charge in [0.15, 0.2) is 0 Å². The minimum Gasteiger partial charge on any atom is -0.488 e. The first-order valence-electron chi connectivity index (χ1n) is 9.02. The summed E-state index contributed by atoms with van der Waals surface area (Å²) in [5, 5.41) is 2.21. The Morgan fingerprint density at radius 3 is 2.63 bits per heavy atom. The van der Waals surface area contributed by atoms with Crippen molar-refractivity contribution >= 4 is 56.5 Å². The number of halogens is 1. The quantitative estimate of drug-likeness (QED) is 0.440. The highest BCUT2D eigenvalue weighted by atomic mass is 79.9. The van der Waals surface area contributed by atoms with E-state index in [-0.39, 0.29) is 11.4 Å². The van der Waals surface area contributed by atoms with Crippen LogP contribution in [-0.2, 0) is 9.59 Å². The highest BCUT2D eigenvalue weighted by Gasteiger charge is 2.36. The number of carbonyl (C=O) groups excluding carboxylic acids is 3. The first-order valence-corrected chi connectivity index (χ1v) is 10.6. The Labute approximate surface area is 187 Å². The van der Waals surface area contributed by atoms with Crippen molar-refractivity contribution < 1.29 is 19.1 Å². The molecule has 1 heterocycles. The monoisotopic (exact) mass is 486 g/mol. The van der Waals surface area contributed by atoms with E-state index in [9.17, 15) is 14.4 Å². The van der Waals surface area contributed by atoms with Crippen molar-refractivity contribution in [1.29, 1.82) is 0 Å². The Morgan fingerprint density at radius 1 is 1.23 bits per heavy atom. The van der Waals surface area contributed by atoms with Crippen molar-refractivity contribution in [3.63, 3.8) is 0 Å². The van der Waals surface area contributed by atoms with Crippen LogP contribution in [0, 0.1) is 6.92 Å². The summed E-state index contributed by atoms with van der Waals surface area (Å²) >= 11 is 4.23. The van der Waals surface area contributed by atoms with Gasteiger partial charge in [0.05, 0.1) is 9.38 Å². The van der Waals surface area contributed by atoms with Gasteiger partial charge in [-0.15, -0.1) is 0 Å². The SMILES string of the molecule is C=CCOc1ccc(C=C2SC(=O)N(CC(=O)Nc3ccc(C)cc3)C2=O)cc1Br. The molecule has 0 bridgehead atoms. The molecule has 2 aromatic carbocycles. The summed E-state index contributed by atoms with van der Waals surface area (Å²) in [7, 11) is 0. The van der Waals surface area contributed by atoms with Gasteiger partial charge in [-0.1, -0.05) is 36.4 Å². The third kappa shape index (κ3) is 5.40. The van der Waals surface area contributed by atoms with E-state index >= 15 is 0 Å². The minimum absolute atomic E-state index is 0.259. The molecule has 1 N–H and O–H groups in total. The number of nitrogens with one attached hydrogen (secondary N) is 1. The number of rotatable bonds is 7. The van der Waals surface area contributed by atoms with Crippen molar-refractivity contribution in [2.24, 2.45) is 0 Å². The predicted octanol–water partition coefficient (Wildman–Crippen LogP) is 5.00. The summed E-state index contributed by atoms with van der Waals surface area (Å²) in [6, 6.07) is 12.6. The van der Waals surface area contributed by atoms with Crippen molar-refractivity contribution in [1.82, 2.24) is 4.90 Å². The first-order chi connectivity index (χ1) is 14.4. The van der Waals surface area contributed by atoms with Gasteiger partial charge >= 0.3 is 0 Å². The lowest BCUT2D eigenvalue weighted by atomic mass is 10.2. The van der Waals surface area contributed by atoms with Crippen LogP contribution in [0.5, 0.6) is 5.75 Å². The number of hydrogen-bond acceptors (Lipinski definition) is 5. The number of nitrogens with zero attached hydrogens (tertiary/aromatic N) is 1. The van der Waals surface area contributed by atoms with E-state index in [2.05, 4.69) is 27.8 Å². The molecule has 0 spiro atoms. The van der Waals surface area contributed by atoms with Gasteiger partial charge in [-0.2, -0.15) is 0 Å². The number of aryl methyl sites for hydroxylation is 1. The number of imide groups is 1. The van der Waals surface area contributed by atoms with Crippen LogP contribution in [0.4, 0.5) is 10.5 Å². The molecule has 1 aliphatic heterocycles. The molecule has 0 aliphatic carbocycles. The van der Waals surface area contributed by atoms with Crippen LogP contribution < -0.4 is 10.1 Å². The maximum atomic E-state index is 12.6. The van der Waals surface area contributed by atoms with Crippen LogP contribution in [-0.4, -0.2) is 35.1 Å². The number of ether oxygens (including phenoxy) is 1. The van der Waals surface area contributed by atoms with Gasteiger partial charge in [-0.3, -0.25) is 19.3 Å². The van der Waals surface area contributed by atoms with Crippen molar-refractivity contribution in [2.45, 2.75) is 6.92 Å². The third-order valence-corrected chi connectivity index (χ3v) is 5.65. The van der Waals surface area contributed by atoms with E-state index in [0.29, 0.717) is 18.0 Å². The number of hydrogen-bond donors (Lipinski definition) is 1. The van der Waals surface area contributed by atoms with E-state index in [4.69, 9.17) is 4.74 Å². The van der Waals surface area contributed by atoms with Crippen molar-refractivity contribution in [2.75, 3.05) is 18.5 Å². The average Bonchev–Trinajstić information content (AvgIpc) is 2.96. The number of anilines is 1. The normalized spacial score (nSPS) is 14.9. The Hall–Kier alpha value is -2.84. The first kappa shape index (κ1) is 21.9. The van der Waals surface area contributed by atoms with Crippen LogP contribution in [0.2, 0.25) is 0 Å². The fourth-order valence-corrected chi connectivity index (χ4v) is 3.99. The standard InChI is InChI=1S/C22H19BrN2O4S/c1-3-10-29-18-9-6-15(11-17(18)23)12-19-21(27)25(22(28)30-19)13-20(26)24-16-7-4-14(2)5-8-16/h3-9,11-12H,1,10,13H2,2H3,(H,24,26). The van der Waals surface area contributed by atoms with Gasteiger partial charge in [0.25, 0.3) is 11.1 Å². The van der Waals surface area contributed by atoms with Gasteiger partial charge < -0.3 is 10.1 Å². The second-order valence-corrected chi connectivity index (χ2v) is 8.32. The van der Waals surface area contributed by atoms with E-state index in [1.807, 2.05) is 19.1 Å². The van der Waals surface area contributed by atoms with Crippen LogP contribution in [0.3, 0.4) is 0 Å². The lowest BCUT2D eigenvalue weighted by molar-refractivity contribution is -0.127. The summed E-state index contributed by atoms with van der Waals surface area (Å²) in [6.07, 6.45) is 3.26. The second-order valence-electron chi connectivity index (χ2n) is 6.47. The van der Waals surface area contributed by atoms with Crippen LogP contribution in [0.25, 0.3) is 6.08 Å². The summed E-state index contributed by atoms with van der Waals surface area (Å²) < 4.78 is 6.22. The molecule has 3 amide bonds. The van der Waals surface area contributed by atoms with Crippen LogP contribution >= 0.6 is 27.7 Å². The summed E-state index contributed by atoms with van der Waals surface area (Å²) in [5.41, 5.74) is 2.40. The zero-order valence-corrected chi connectivity index (χ0v) is 18.6. The number of carbonyl (C=O) groups is 3. The Morgan fingerprint density at radius 2 is 1.97 bits per heavy atom. The van der Waals surface area contributed by atoms with E-state index < -0.39 is 17.1 Å². The highest BCUT2D eigenvalue weighted by molar-refractivity contribution is 9.10. The Balaban J connectivity index is 1.68. The van der Waals surface area contributed by atoms with Gasteiger partial charge in [-0.25, -0.2) is 0 Å². The summed E-state index contributed by atoms with van der Waals surface area (Å²) in [5.74, 6) is -0.283. The van der Waals surface area contributed by atoms with E-state index in [1.165, 1.54) is 0 Å². The third-order valence-electron chi connectivity index (χ3n) is 4.12. The molecule has 0 unspecified atom stereocenters. The Kier molecular flexibility index (Phi) is 7.12. The molecule has 1 saturated heterocycles. The average molecular weight is 487 g/mol. The summed E-state index contributed by atoms with van der Waals surface area (Å²) in [6.45, 7) is 5.59. The van der Waals surface area contributed by atoms with Crippen LogP contribution in [0.1, 0.15) is 11.1 Å². The largest absolute Gasteiger partial charge is 0.488 e. The molecule has 1 aliphatic rings. The minimum atomic E-state index is -0.493. The lowest BCUT2D eigenvalue weighted by Gasteiger charge is -2.12. The van der Waals surface area contributed by atoms with Crippen molar-refractivity contribution in [3.05, 3.63) is 75.6 Å². The van der Waals surface area contributed by atoms with Gasteiger partial charge in [0, 0.05) is 5.69 Å². The highest BCUT2D eigenvalue weighted by Crippen LogP contribution is 2.33. The molecule has 6 nitrogen and oxygen atoms in total. The molecule has 0 aromatic heterocycles. The maximum Gasteiger partial charge on any atom is 0.294 e. The zero-order chi connectivity index (χ0) is 21.7. The fraction of sp³-hybridized carbons (Fsp3) is 0.136. The lowest BCUT2D eigenvalue weighted by Crippen LogP contribution is -2.36. The van der Waals surface area contributed by atoms with Crippen molar-refractivity contribution in [3.8, 4) is 5.75 Å². The molecule has 0 atom stereocenters. The van der Waals surface area contributed by atoms with Gasteiger partial charge in [0.1, 0.15) is 18.9 Å². The smallest absolute Gasteiger partial charge is 0.294 e. The molecular weight excluding hydrogens is 468 g/mol. The fourth-order valence-electron chi connectivity index (χ4n) is 2.64. The topological polar surface area (TPSA) is 75.7 Å². The van der Waals surface area contributed by atoms with E-state index in [0.717, 1.165) is 32.3 Å². The maximum absolute atomic E-state index is 12.6.